The third-order valence-corrected chi connectivity index (χ3v) is 3.63. The van der Waals surface area contributed by atoms with E-state index in [9.17, 15) is 22.8 Å². The van der Waals surface area contributed by atoms with Gasteiger partial charge in [0.15, 0.2) is 29.3 Å². The molecule has 1 amide bonds. The van der Waals surface area contributed by atoms with Crippen LogP contribution in [0.3, 0.4) is 0 Å². The summed E-state index contributed by atoms with van der Waals surface area (Å²) >= 11 is 0. The zero-order valence-electron chi connectivity index (χ0n) is 12.1. The van der Waals surface area contributed by atoms with Gasteiger partial charge in [0.2, 0.25) is 0 Å². The van der Waals surface area contributed by atoms with Gasteiger partial charge in [0, 0.05) is 12.0 Å². The molecule has 2 heterocycles. The molecule has 7 nitrogen and oxygen atoms in total. The van der Waals surface area contributed by atoms with Crippen molar-refractivity contribution in [2.75, 3.05) is 6.61 Å². The number of carbonyl (C=O) groups is 2. The minimum Gasteiger partial charge on any atom is -0.367 e. The first-order valence-electron chi connectivity index (χ1n) is 6.90. The smallest absolute Gasteiger partial charge is 0.254 e. The van der Waals surface area contributed by atoms with Crippen molar-refractivity contribution >= 4 is 11.7 Å². The molecular formula is C14H11F3N4O3. The number of ketones is 1. The van der Waals surface area contributed by atoms with Gasteiger partial charge in [-0.2, -0.15) is 0 Å². The molecule has 2 aromatic rings. The standard InChI is InChI=1S/C14H11F3N4O3/c15-7-3-6(4-8(16)11(7)17)9-5-21(20-19-9)10-1-2-24-13(12(10)22)14(18)23/h3-5,10,13H,1-2H2,(H2,18,23). The Morgan fingerprint density at radius 3 is 2.58 bits per heavy atom. The second kappa shape index (κ2) is 6.04. The van der Waals surface area contributed by atoms with Crippen LogP contribution in [-0.4, -0.2) is 39.4 Å². The van der Waals surface area contributed by atoms with Gasteiger partial charge in [-0.1, -0.05) is 5.21 Å². The molecule has 3 rings (SSSR count). The normalized spacial score (nSPS) is 21.0. The van der Waals surface area contributed by atoms with E-state index in [0.717, 1.165) is 16.8 Å². The number of carbonyl (C=O) groups excluding carboxylic acids is 2. The molecule has 2 atom stereocenters. The molecule has 1 aromatic heterocycles. The number of hydrogen-bond acceptors (Lipinski definition) is 5. The lowest BCUT2D eigenvalue weighted by atomic mass is 10.0. The molecule has 2 unspecified atom stereocenters. The van der Waals surface area contributed by atoms with Crippen LogP contribution in [0.2, 0.25) is 0 Å². The molecule has 10 heteroatoms. The van der Waals surface area contributed by atoms with Crippen molar-refractivity contribution in [3.8, 4) is 11.3 Å². The van der Waals surface area contributed by atoms with E-state index in [1.807, 2.05) is 0 Å². The second-order valence-electron chi connectivity index (χ2n) is 5.20. The molecule has 0 aliphatic carbocycles. The third-order valence-electron chi connectivity index (χ3n) is 3.63. The largest absolute Gasteiger partial charge is 0.367 e. The van der Waals surface area contributed by atoms with E-state index in [4.69, 9.17) is 10.5 Å². The molecule has 0 saturated carbocycles. The molecular weight excluding hydrogens is 329 g/mol. The highest BCUT2D eigenvalue weighted by Crippen LogP contribution is 2.25. The third kappa shape index (κ3) is 2.75. The van der Waals surface area contributed by atoms with Gasteiger partial charge in [-0.25, -0.2) is 17.9 Å². The fourth-order valence-electron chi connectivity index (χ4n) is 2.45. The van der Waals surface area contributed by atoms with E-state index in [-0.39, 0.29) is 24.3 Å². The maximum Gasteiger partial charge on any atom is 0.254 e. The van der Waals surface area contributed by atoms with E-state index in [2.05, 4.69) is 10.3 Å². The zero-order valence-corrected chi connectivity index (χ0v) is 12.1. The Morgan fingerprint density at radius 1 is 1.29 bits per heavy atom. The first-order chi connectivity index (χ1) is 11.4. The summed E-state index contributed by atoms with van der Waals surface area (Å²) in [5.74, 6) is -5.81. The van der Waals surface area contributed by atoms with Crippen molar-refractivity contribution in [1.82, 2.24) is 15.0 Å². The van der Waals surface area contributed by atoms with Crippen LogP contribution in [0.5, 0.6) is 0 Å². The number of amides is 1. The highest BCUT2D eigenvalue weighted by molar-refractivity contribution is 6.05. The molecule has 1 aromatic carbocycles. The Labute approximate surface area is 133 Å². The van der Waals surface area contributed by atoms with Gasteiger partial charge in [0.25, 0.3) is 5.91 Å². The number of benzene rings is 1. The van der Waals surface area contributed by atoms with Crippen molar-refractivity contribution in [2.45, 2.75) is 18.6 Å². The summed E-state index contributed by atoms with van der Waals surface area (Å²) < 4.78 is 45.8. The van der Waals surface area contributed by atoms with E-state index in [1.54, 1.807) is 0 Å². The number of Topliss-reactive ketones (excluding diaryl/α,β-unsaturated/α-hetero) is 1. The fourth-order valence-corrected chi connectivity index (χ4v) is 2.45. The monoisotopic (exact) mass is 340 g/mol. The van der Waals surface area contributed by atoms with Crippen LogP contribution >= 0.6 is 0 Å². The molecule has 0 spiro atoms. The highest BCUT2D eigenvalue weighted by Gasteiger charge is 2.37. The number of halogens is 3. The Morgan fingerprint density at radius 2 is 1.96 bits per heavy atom. The van der Waals surface area contributed by atoms with Crippen molar-refractivity contribution in [1.29, 1.82) is 0 Å². The van der Waals surface area contributed by atoms with E-state index in [0.29, 0.717) is 0 Å². The van der Waals surface area contributed by atoms with Crippen molar-refractivity contribution < 1.29 is 27.5 Å². The average molecular weight is 340 g/mol. The summed E-state index contributed by atoms with van der Waals surface area (Å²) in [5.41, 5.74) is 5.10. The summed E-state index contributed by atoms with van der Waals surface area (Å²) in [6.07, 6.45) is 0.132. The van der Waals surface area contributed by atoms with Crippen LogP contribution in [0.1, 0.15) is 12.5 Å². The number of nitrogens with two attached hydrogens (primary N) is 1. The van der Waals surface area contributed by atoms with E-state index in [1.165, 1.54) is 6.20 Å². The molecule has 1 aliphatic rings. The molecule has 1 fully saturated rings. The van der Waals surface area contributed by atoms with Crippen LogP contribution < -0.4 is 5.73 Å². The number of aromatic nitrogens is 3. The van der Waals surface area contributed by atoms with E-state index < -0.39 is 41.3 Å². The summed E-state index contributed by atoms with van der Waals surface area (Å²) in [5, 5.41) is 7.47. The number of rotatable bonds is 3. The minimum atomic E-state index is -1.59. The van der Waals surface area contributed by atoms with Gasteiger partial charge in [0.05, 0.1) is 12.8 Å². The predicted molar refractivity (Wildman–Crippen MR) is 72.9 cm³/mol. The molecule has 2 N–H and O–H groups in total. The molecule has 126 valence electrons. The van der Waals surface area contributed by atoms with Crippen LogP contribution in [0.15, 0.2) is 18.3 Å². The average Bonchev–Trinajstić information content (AvgIpc) is 3.01. The van der Waals surface area contributed by atoms with E-state index >= 15 is 0 Å². The van der Waals surface area contributed by atoms with Crippen LogP contribution in [-0.2, 0) is 14.3 Å². The summed E-state index contributed by atoms with van der Waals surface area (Å²) in [4.78, 5) is 23.4. The Bertz CT molecular complexity index is 800. The Kier molecular flexibility index (Phi) is 4.06. The number of primary amides is 1. The van der Waals surface area contributed by atoms with Crippen molar-refractivity contribution in [3.63, 3.8) is 0 Å². The van der Waals surface area contributed by atoms with Gasteiger partial charge in [0.1, 0.15) is 11.7 Å². The van der Waals surface area contributed by atoms with Gasteiger partial charge < -0.3 is 10.5 Å². The van der Waals surface area contributed by atoms with Gasteiger partial charge >= 0.3 is 0 Å². The fraction of sp³-hybridized carbons (Fsp3) is 0.286. The number of ether oxygens (including phenoxy) is 1. The Balaban J connectivity index is 1.91. The highest BCUT2D eigenvalue weighted by atomic mass is 19.2. The molecule has 1 aliphatic heterocycles. The summed E-state index contributed by atoms with van der Waals surface area (Å²) in [7, 11) is 0. The van der Waals surface area contributed by atoms with Gasteiger partial charge in [-0.15, -0.1) is 5.10 Å². The van der Waals surface area contributed by atoms with Crippen molar-refractivity contribution in [2.24, 2.45) is 5.73 Å². The lowest BCUT2D eigenvalue weighted by Gasteiger charge is -2.25. The van der Waals surface area contributed by atoms with Gasteiger partial charge in [-0.05, 0) is 12.1 Å². The molecule has 0 radical (unpaired) electrons. The first-order valence-corrected chi connectivity index (χ1v) is 6.90. The van der Waals surface area contributed by atoms with Crippen LogP contribution in [0.25, 0.3) is 11.3 Å². The predicted octanol–water partition coefficient (Wildman–Crippen LogP) is 0.747. The lowest BCUT2D eigenvalue weighted by Crippen LogP contribution is -2.46. The molecule has 1 saturated heterocycles. The Hall–Kier alpha value is -2.75. The summed E-state index contributed by atoms with van der Waals surface area (Å²) in [6.45, 7) is 0.110. The minimum absolute atomic E-state index is 0.0383. The number of hydrogen-bond donors (Lipinski definition) is 1. The lowest BCUT2D eigenvalue weighted by molar-refractivity contribution is -0.150. The number of nitrogens with zero attached hydrogens (tertiary/aromatic N) is 3. The van der Waals surface area contributed by atoms with Crippen LogP contribution in [0.4, 0.5) is 13.2 Å². The second-order valence-corrected chi connectivity index (χ2v) is 5.20. The zero-order chi connectivity index (χ0) is 17.4. The quantitative estimate of drug-likeness (QED) is 0.656. The van der Waals surface area contributed by atoms with Crippen LogP contribution in [0, 0.1) is 17.5 Å². The maximum atomic E-state index is 13.3. The molecule has 0 bridgehead atoms. The topological polar surface area (TPSA) is 100 Å². The SMILES string of the molecule is NC(=O)C1OCCC(n2cc(-c3cc(F)c(F)c(F)c3)nn2)C1=O. The first kappa shape index (κ1) is 16.1. The van der Waals surface area contributed by atoms with Crippen molar-refractivity contribution in [3.05, 3.63) is 35.8 Å². The maximum absolute atomic E-state index is 13.3. The molecule has 24 heavy (non-hydrogen) atoms. The van der Waals surface area contributed by atoms with Gasteiger partial charge in [-0.3, -0.25) is 9.59 Å². The summed E-state index contributed by atoms with van der Waals surface area (Å²) in [6, 6.07) is 0.697.